The Bertz CT molecular complexity index is 637. The third kappa shape index (κ3) is 2.75. The van der Waals surface area contributed by atoms with Gasteiger partial charge in [-0.05, 0) is 18.6 Å². The molecule has 2 unspecified atom stereocenters. The maximum absolute atomic E-state index is 8.77. The monoisotopic (exact) mass is 291 g/mol. The predicted molar refractivity (Wildman–Crippen MR) is 71.8 cm³/mol. The van der Waals surface area contributed by atoms with Crippen molar-refractivity contribution in [2.24, 2.45) is 5.92 Å². The standard InChI is InChI=1S/C13H10ClN3OS/c14-10-3-1-2-4-11(10)19-7-12-16-13(18-17-12)9-5-8(9)6-15/h1-4,8-9H,5,7H2. The number of aromatic nitrogens is 2. The molecule has 1 aromatic carbocycles. The second kappa shape index (κ2) is 5.24. The van der Waals surface area contributed by atoms with Gasteiger partial charge in [-0.15, -0.1) is 11.8 Å². The number of nitrogens with zero attached hydrogens (tertiary/aromatic N) is 3. The van der Waals surface area contributed by atoms with Crippen LogP contribution in [0.1, 0.15) is 24.1 Å². The van der Waals surface area contributed by atoms with Crippen LogP contribution in [0.5, 0.6) is 0 Å². The summed E-state index contributed by atoms with van der Waals surface area (Å²) in [5.74, 6) is 2.02. The van der Waals surface area contributed by atoms with Crippen LogP contribution < -0.4 is 0 Å². The number of nitriles is 1. The van der Waals surface area contributed by atoms with Crippen molar-refractivity contribution < 1.29 is 4.52 Å². The minimum Gasteiger partial charge on any atom is -0.339 e. The van der Waals surface area contributed by atoms with Crippen LogP contribution in [-0.2, 0) is 5.75 Å². The fourth-order valence-electron chi connectivity index (χ4n) is 1.79. The van der Waals surface area contributed by atoms with Gasteiger partial charge in [0.1, 0.15) is 0 Å². The van der Waals surface area contributed by atoms with Crippen molar-refractivity contribution in [1.29, 1.82) is 5.26 Å². The lowest BCUT2D eigenvalue weighted by Gasteiger charge is -2.00. The maximum Gasteiger partial charge on any atom is 0.231 e. The third-order valence-electron chi connectivity index (χ3n) is 2.95. The van der Waals surface area contributed by atoms with Crippen molar-refractivity contribution in [1.82, 2.24) is 10.1 Å². The Labute approximate surface area is 119 Å². The second-order valence-electron chi connectivity index (χ2n) is 4.35. The van der Waals surface area contributed by atoms with E-state index in [0.29, 0.717) is 17.5 Å². The topological polar surface area (TPSA) is 62.7 Å². The summed E-state index contributed by atoms with van der Waals surface area (Å²) in [7, 11) is 0. The molecule has 3 rings (SSSR count). The number of halogens is 1. The molecule has 96 valence electrons. The van der Waals surface area contributed by atoms with Crippen LogP contribution in [-0.4, -0.2) is 10.1 Å². The Hall–Kier alpha value is -1.51. The molecule has 0 radical (unpaired) electrons. The Balaban J connectivity index is 1.62. The quantitative estimate of drug-likeness (QED) is 0.805. The van der Waals surface area contributed by atoms with Crippen LogP contribution in [0.15, 0.2) is 33.7 Å². The van der Waals surface area contributed by atoms with E-state index in [-0.39, 0.29) is 11.8 Å². The zero-order valence-corrected chi connectivity index (χ0v) is 11.5. The summed E-state index contributed by atoms with van der Waals surface area (Å²) in [4.78, 5) is 5.32. The van der Waals surface area contributed by atoms with Crippen molar-refractivity contribution in [2.75, 3.05) is 0 Å². The van der Waals surface area contributed by atoms with Crippen molar-refractivity contribution in [3.05, 3.63) is 41.0 Å². The molecule has 2 aromatic rings. The normalized spacial score (nSPS) is 21.1. The first-order valence-corrected chi connectivity index (χ1v) is 7.23. The number of hydrogen-bond acceptors (Lipinski definition) is 5. The van der Waals surface area contributed by atoms with Crippen LogP contribution in [0.4, 0.5) is 0 Å². The number of thioether (sulfide) groups is 1. The van der Waals surface area contributed by atoms with Crippen LogP contribution in [0, 0.1) is 17.2 Å². The van der Waals surface area contributed by atoms with Gasteiger partial charge in [0.25, 0.3) is 0 Å². The molecule has 1 aliphatic rings. The highest BCUT2D eigenvalue weighted by Crippen LogP contribution is 2.46. The molecule has 6 heteroatoms. The average molecular weight is 292 g/mol. The fourth-order valence-corrected chi connectivity index (χ4v) is 2.87. The van der Waals surface area contributed by atoms with Crippen molar-refractivity contribution in [3.63, 3.8) is 0 Å². The molecular formula is C13H10ClN3OS. The van der Waals surface area contributed by atoms with Crippen LogP contribution in [0.25, 0.3) is 0 Å². The molecule has 4 nitrogen and oxygen atoms in total. The van der Waals surface area contributed by atoms with Crippen LogP contribution in [0.2, 0.25) is 5.02 Å². The highest BCUT2D eigenvalue weighted by atomic mass is 35.5. The molecule has 19 heavy (non-hydrogen) atoms. The molecule has 1 heterocycles. The highest BCUT2D eigenvalue weighted by molar-refractivity contribution is 7.98. The predicted octanol–water partition coefficient (Wildman–Crippen LogP) is 3.64. The van der Waals surface area contributed by atoms with E-state index in [1.54, 1.807) is 11.8 Å². The van der Waals surface area contributed by atoms with E-state index in [0.717, 1.165) is 16.3 Å². The summed E-state index contributed by atoms with van der Waals surface area (Å²) in [5.41, 5.74) is 0. The third-order valence-corrected chi connectivity index (χ3v) is 4.46. The van der Waals surface area contributed by atoms with Gasteiger partial charge in [0, 0.05) is 4.90 Å². The maximum atomic E-state index is 8.77. The average Bonchev–Trinajstić information content (AvgIpc) is 3.08. The first-order valence-electron chi connectivity index (χ1n) is 5.87. The zero-order valence-electron chi connectivity index (χ0n) is 9.91. The molecule has 0 bridgehead atoms. The highest BCUT2D eigenvalue weighted by Gasteiger charge is 2.43. The molecule has 1 aromatic heterocycles. The van der Waals surface area contributed by atoms with E-state index in [4.69, 9.17) is 21.4 Å². The minimum atomic E-state index is 0.0459. The number of benzene rings is 1. The first-order chi connectivity index (χ1) is 9.28. The van der Waals surface area contributed by atoms with Gasteiger partial charge < -0.3 is 4.52 Å². The Morgan fingerprint density at radius 2 is 2.32 bits per heavy atom. The number of hydrogen-bond donors (Lipinski definition) is 0. The zero-order chi connectivity index (χ0) is 13.2. The van der Waals surface area contributed by atoms with Gasteiger partial charge in [-0.2, -0.15) is 10.2 Å². The summed E-state index contributed by atoms with van der Waals surface area (Å²) in [5, 5.41) is 13.4. The molecule has 0 N–H and O–H groups in total. The van der Waals surface area contributed by atoms with Gasteiger partial charge in [-0.1, -0.05) is 28.9 Å². The van der Waals surface area contributed by atoms with Crippen molar-refractivity contribution in [3.8, 4) is 6.07 Å². The SMILES string of the molecule is N#CC1CC1c1nc(CSc2ccccc2Cl)no1. The first kappa shape index (κ1) is 12.5. The molecule has 0 amide bonds. The lowest BCUT2D eigenvalue weighted by atomic mass is 10.3. The van der Waals surface area contributed by atoms with Gasteiger partial charge in [0.05, 0.1) is 28.7 Å². The van der Waals surface area contributed by atoms with Gasteiger partial charge in [-0.3, -0.25) is 0 Å². The van der Waals surface area contributed by atoms with Crippen LogP contribution >= 0.6 is 23.4 Å². The van der Waals surface area contributed by atoms with Gasteiger partial charge in [0.15, 0.2) is 5.82 Å². The smallest absolute Gasteiger partial charge is 0.231 e. The summed E-state index contributed by atoms with van der Waals surface area (Å²) >= 11 is 7.64. The molecule has 0 saturated heterocycles. The van der Waals surface area contributed by atoms with Crippen molar-refractivity contribution >= 4 is 23.4 Å². The van der Waals surface area contributed by atoms with Gasteiger partial charge in [0.2, 0.25) is 5.89 Å². The Kier molecular flexibility index (Phi) is 3.45. The Morgan fingerprint density at radius 3 is 3.05 bits per heavy atom. The Morgan fingerprint density at radius 1 is 1.47 bits per heavy atom. The summed E-state index contributed by atoms with van der Waals surface area (Å²) in [6.45, 7) is 0. The summed E-state index contributed by atoms with van der Waals surface area (Å²) < 4.78 is 5.18. The molecule has 1 fully saturated rings. The van der Waals surface area contributed by atoms with Crippen LogP contribution in [0.3, 0.4) is 0 Å². The fraction of sp³-hybridized carbons (Fsp3) is 0.308. The molecule has 0 spiro atoms. The minimum absolute atomic E-state index is 0.0459. The van der Waals surface area contributed by atoms with E-state index in [1.165, 1.54) is 0 Å². The van der Waals surface area contributed by atoms with E-state index in [2.05, 4.69) is 16.2 Å². The molecule has 1 saturated carbocycles. The van der Waals surface area contributed by atoms with E-state index in [1.807, 2.05) is 24.3 Å². The van der Waals surface area contributed by atoms with Crippen molar-refractivity contribution in [2.45, 2.75) is 23.0 Å². The van der Waals surface area contributed by atoms with E-state index < -0.39 is 0 Å². The molecule has 1 aliphatic carbocycles. The largest absolute Gasteiger partial charge is 0.339 e. The summed E-state index contributed by atoms with van der Waals surface area (Å²) in [6, 6.07) is 9.86. The molecular weight excluding hydrogens is 282 g/mol. The van der Waals surface area contributed by atoms with E-state index >= 15 is 0 Å². The summed E-state index contributed by atoms with van der Waals surface area (Å²) in [6.07, 6.45) is 0.829. The lowest BCUT2D eigenvalue weighted by Crippen LogP contribution is -1.86. The second-order valence-corrected chi connectivity index (χ2v) is 5.77. The molecule has 0 aliphatic heterocycles. The van der Waals surface area contributed by atoms with Gasteiger partial charge in [-0.25, -0.2) is 0 Å². The van der Waals surface area contributed by atoms with Gasteiger partial charge >= 0.3 is 0 Å². The van der Waals surface area contributed by atoms with E-state index in [9.17, 15) is 0 Å². The lowest BCUT2D eigenvalue weighted by molar-refractivity contribution is 0.373. The number of rotatable bonds is 4. The molecule has 2 atom stereocenters.